The van der Waals surface area contributed by atoms with Crippen LogP contribution < -0.4 is 10.6 Å². The third kappa shape index (κ3) is 3.30. The van der Waals surface area contributed by atoms with Gasteiger partial charge < -0.3 is 10.6 Å². The lowest BCUT2D eigenvalue weighted by atomic mass is 10.0. The highest BCUT2D eigenvalue weighted by Crippen LogP contribution is 2.45. The summed E-state index contributed by atoms with van der Waals surface area (Å²) in [5.41, 5.74) is 0.581. The average Bonchev–Trinajstić information content (AvgIpc) is 2.97. The minimum atomic E-state index is -0.308. The molecule has 1 aliphatic carbocycles. The van der Waals surface area contributed by atoms with E-state index < -0.39 is 0 Å². The van der Waals surface area contributed by atoms with Crippen LogP contribution in [0.25, 0.3) is 0 Å². The zero-order chi connectivity index (χ0) is 13.3. The molecule has 1 heterocycles. The van der Waals surface area contributed by atoms with Crippen LogP contribution in [0.2, 0.25) is 0 Å². The Morgan fingerprint density at radius 2 is 2.25 bits per heavy atom. The largest absolute Gasteiger partial charge is 0.347 e. The lowest BCUT2D eigenvalue weighted by Crippen LogP contribution is -2.38. The first-order valence-electron chi connectivity index (χ1n) is 6.98. The second-order valence-electron chi connectivity index (χ2n) is 5.64. The van der Waals surface area contributed by atoms with Crippen LogP contribution in [0.3, 0.4) is 0 Å². The van der Waals surface area contributed by atoms with Crippen molar-refractivity contribution >= 4 is 18.3 Å². The predicted molar refractivity (Wildman–Crippen MR) is 78.3 cm³/mol. The molecule has 1 saturated heterocycles. The maximum Gasteiger partial charge on any atom is 0.222 e. The van der Waals surface area contributed by atoms with E-state index in [2.05, 4.69) is 10.6 Å². The van der Waals surface area contributed by atoms with Crippen molar-refractivity contribution in [3.05, 3.63) is 35.6 Å². The second kappa shape index (κ2) is 6.10. The number of benzene rings is 1. The molecule has 2 fully saturated rings. The summed E-state index contributed by atoms with van der Waals surface area (Å²) in [6, 6.07) is 6.87. The Hall–Kier alpha value is -1.13. The fourth-order valence-electron chi connectivity index (χ4n) is 2.87. The molecule has 0 spiro atoms. The first kappa shape index (κ1) is 15.3. The van der Waals surface area contributed by atoms with Gasteiger partial charge in [0.25, 0.3) is 0 Å². The van der Waals surface area contributed by atoms with Crippen LogP contribution in [0.4, 0.5) is 4.39 Å². The highest BCUT2D eigenvalue weighted by atomic mass is 35.5. The highest BCUT2D eigenvalue weighted by Gasteiger charge is 2.45. The van der Waals surface area contributed by atoms with Gasteiger partial charge in [-0.15, -0.1) is 12.4 Å². The zero-order valence-electron chi connectivity index (χ0n) is 11.3. The second-order valence-corrected chi connectivity index (χ2v) is 5.64. The van der Waals surface area contributed by atoms with Crippen LogP contribution in [0, 0.1) is 5.82 Å². The smallest absolute Gasteiger partial charge is 0.222 e. The molecule has 1 unspecified atom stereocenters. The normalized spacial score (nSPS) is 22.9. The van der Waals surface area contributed by atoms with Crippen molar-refractivity contribution in [1.82, 2.24) is 10.6 Å². The van der Waals surface area contributed by atoms with E-state index in [4.69, 9.17) is 0 Å². The topological polar surface area (TPSA) is 41.1 Å². The Balaban J connectivity index is 0.00000147. The van der Waals surface area contributed by atoms with Crippen molar-refractivity contribution in [2.75, 3.05) is 6.54 Å². The Kier molecular flexibility index (Phi) is 4.66. The predicted octanol–water partition coefficient (Wildman–Crippen LogP) is 2.49. The minimum Gasteiger partial charge on any atom is -0.347 e. The van der Waals surface area contributed by atoms with E-state index >= 15 is 0 Å². The molecule has 110 valence electrons. The molecule has 2 aliphatic rings. The maximum absolute atomic E-state index is 13.3. The van der Waals surface area contributed by atoms with E-state index in [-0.39, 0.29) is 29.7 Å². The summed E-state index contributed by atoms with van der Waals surface area (Å²) in [6.45, 7) is 1.01. The van der Waals surface area contributed by atoms with Crippen LogP contribution in [-0.4, -0.2) is 18.5 Å². The van der Waals surface area contributed by atoms with E-state index in [1.807, 2.05) is 6.07 Å². The minimum absolute atomic E-state index is 0. The number of hydrogen-bond donors (Lipinski definition) is 2. The van der Waals surface area contributed by atoms with Crippen molar-refractivity contribution in [3.8, 4) is 0 Å². The van der Waals surface area contributed by atoms with Crippen molar-refractivity contribution in [2.24, 2.45) is 0 Å². The summed E-state index contributed by atoms with van der Waals surface area (Å²) in [4.78, 5) is 12.1. The van der Waals surface area contributed by atoms with Crippen molar-refractivity contribution in [3.63, 3.8) is 0 Å². The molecule has 20 heavy (non-hydrogen) atoms. The maximum atomic E-state index is 13.3. The van der Waals surface area contributed by atoms with Crippen LogP contribution in [-0.2, 0) is 10.3 Å². The zero-order valence-corrected chi connectivity index (χ0v) is 12.1. The van der Waals surface area contributed by atoms with E-state index in [0.717, 1.165) is 37.8 Å². The van der Waals surface area contributed by atoms with Gasteiger partial charge in [-0.05, 0) is 49.9 Å². The molecule has 3 rings (SSSR count). The molecule has 2 N–H and O–H groups in total. The van der Waals surface area contributed by atoms with Crippen LogP contribution in [0.1, 0.15) is 37.7 Å². The van der Waals surface area contributed by atoms with Crippen LogP contribution in [0.5, 0.6) is 0 Å². The van der Waals surface area contributed by atoms with Crippen LogP contribution in [0.15, 0.2) is 24.3 Å². The molecule has 1 aliphatic heterocycles. The Morgan fingerprint density at radius 3 is 2.85 bits per heavy atom. The van der Waals surface area contributed by atoms with Gasteiger partial charge in [-0.3, -0.25) is 4.79 Å². The van der Waals surface area contributed by atoms with Gasteiger partial charge in [-0.2, -0.15) is 0 Å². The number of carbonyl (C=O) groups is 1. The fourth-order valence-corrected chi connectivity index (χ4v) is 2.87. The summed E-state index contributed by atoms with van der Waals surface area (Å²) in [6.07, 6.45) is 4.55. The highest BCUT2D eigenvalue weighted by molar-refractivity contribution is 5.85. The summed E-state index contributed by atoms with van der Waals surface area (Å²) in [5, 5.41) is 6.41. The number of hydrogen-bond acceptors (Lipinski definition) is 2. The third-order valence-corrected chi connectivity index (χ3v) is 4.10. The van der Waals surface area contributed by atoms with Gasteiger partial charge in [0.15, 0.2) is 0 Å². The van der Waals surface area contributed by atoms with E-state index in [9.17, 15) is 9.18 Å². The number of nitrogens with one attached hydrogen (secondary N) is 2. The molecule has 1 aromatic carbocycles. The molecule has 5 heteroatoms. The lowest BCUT2D eigenvalue weighted by molar-refractivity contribution is -0.122. The van der Waals surface area contributed by atoms with Crippen molar-refractivity contribution in [1.29, 1.82) is 0 Å². The van der Waals surface area contributed by atoms with Crippen molar-refractivity contribution in [2.45, 2.75) is 43.7 Å². The molecule has 1 amide bonds. The van der Waals surface area contributed by atoms with Gasteiger partial charge in [0.2, 0.25) is 5.91 Å². The Morgan fingerprint density at radius 1 is 1.45 bits per heavy atom. The SMILES string of the molecule is Cl.O=C(CC1CCCN1)NC1(c2cccc(F)c2)CC1. The molecular formula is C15H20ClFN2O. The number of carbonyl (C=O) groups excluding carboxylic acids is 1. The standard InChI is InChI=1S/C15H19FN2O.ClH/c16-12-4-1-3-11(9-12)15(6-7-15)18-14(19)10-13-5-2-8-17-13;/h1,3-4,9,13,17H,2,5-8,10H2,(H,18,19);1H. The van der Waals surface area contributed by atoms with E-state index in [0.29, 0.717) is 12.5 Å². The Labute approximate surface area is 124 Å². The summed E-state index contributed by atoms with van der Waals surface area (Å²) < 4.78 is 13.3. The molecule has 0 radical (unpaired) electrons. The molecule has 0 bridgehead atoms. The fraction of sp³-hybridized carbons (Fsp3) is 0.533. The molecule has 1 saturated carbocycles. The number of amides is 1. The molecule has 0 aromatic heterocycles. The summed E-state index contributed by atoms with van der Waals surface area (Å²) >= 11 is 0. The van der Waals surface area contributed by atoms with Crippen LogP contribution >= 0.6 is 12.4 Å². The number of rotatable bonds is 4. The van der Waals surface area contributed by atoms with Gasteiger partial charge in [0, 0.05) is 12.5 Å². The monoisotopic (exact) mass is 298 g/mol. The lowest BCUT2D eigenvalue weighted by Gasteiger charge is -2.19. The van der Waals surface area contributed by atoms with Gasteiger partial charge in [-0.25, -0.2) is 4.39 Å². The quantitative estimate of drug-likeness (QED) is 0.897. The van der Waals surface area contributed by atoms with Gasteiger partial charge >= 0.3 is 0 Å². The molecule has 1 aromatic rings. The van der Waals surface area contributed by atoms with Gasteiger partial charge in [0.1, 0.15) is 5.82 Å². The summed E-state index contributed by atoms with van der Waals surface area (Å²) in [7, 11) is 0. The third-order valence-electron chi connectivity index (χ3n) is 4.10. The van der Waals surface area contributed by atoms with E-state index in [1.165, 1.54) is 12.1 Å². The molecule has 1 atom stereocenters. The van der Waals surface area contributed by atoms with Crippen molar-refractivity contribution < 1.29 is 9.18 Å². The summed E-state index contributed by atoms with van der Waals surface area (Å²) in [5.74, 6) is -0.170. The first-order chi connectivity index (χ1) is 9.18. The molecular weight excluding hydrogens is 279 g/mol. The van der Waals surface area contributed by atoms with Gasteiger partial charge in [-0.1, -0.05) is 12.1 Å². The first-order valence-corrected chi connectivity index (χ1v) is 6.98. The average molecular weight is 299 g/mol. The Bertz CT molecular complexity index is 485. The van der Waals surface area contributed by atoms with E-state index in [1.54, 1.807) is 6.07 Å². The number of halogens is 2. The molecule has 3 nitrogen and oxygen atoms in total. The van der Waals surface area contributed by atoms with Gasteiger partial charge in [0.05, 0.1) is 5.54 Å².